The van der Waals surface area contributed by atoms with E-state index in [1.807, 2.05) is 19.1 Å². The SMILES string of the molecule is CCC[C@@H](C)NC(=O)COc1ccc(N2CCCC2=O)cc1. The van der Waals surface area contributed by atoms with Gasteiger partial charge in [-0.1, -0.05) is 13.3 Å². The van der Waals surface area contributed by atoms with Crippen molar-refractivity contribution in [3.8, 4) is 5.75 Å². The number of rotatable bonds is 7. The molecule has 1 heterocycles. The number of hydrogen-bond acceptors (Lipinski definition) is 3. The van der Waals surface area contributed by atoms with Gasteiger partial charge in [-0.2, -0.15) is 0 Å². The van der Waals surface area contributed by atoms with E-state index in [9.17, 15) is 9.59 Å². The van der Waals surface area contributed by atoms with E-state index in [2.05, 4.69) is 12.2 Å². The molecule has 1 N–H and O–H groups in total. The van der Waals surface area contributed by atoms with Crippen LogP contribution in [0.2, 0.25) is 0 Å². The van der Waals surface area contributed by atoms with Crippen LogP contribution >= 0.6 is 0 Å². The average Bonchev–Trinajstić information content (AvgIpc) is 2.92. The molecule has 1 aromatic rings. The second kappa shape index (κ2) is 7.82. The number of benzene rings is 1. The van der Waals surface area contributed by atoms with Crippen LogP contribution in [0.5, 0.6) is 5.75 Å². The molecule has 0 bridgehead atoms. The standard InChI is InChI=1S/C17H24N2O3/c1-3-5-13(2)18-16(20)12-22-15-9-7-14(8-10-15)19-11-4-6-17(19)21/h7-10,13H,3-6,11-12H2,1-2H3,(H,18,20)/t13-/m1/s1. The van der Waals surface area contributed by atoms with Crippen molar-refractivity contribution in [3.05, 3.63) is 24.3 Å². The summed E-state index contributed by atoms with van der Waals surface area (Å²) in [7, 11) is 0. The van der Waals surface area contributed by atoms with Crippen molar-refractivity contribution in [2.45, 2.75) is 45.6 Å². The lowest BCUT2D eigenvalue weighted by molar-refractivity contribution is -0.123. The fourth-order valence-corrected chi connectivity index (χ4v) is 2.61. The number of nitrogens with one attached hydrogen (secondary N) is 1. The van der Waals surface area contributed by atoms with E-state index in [4.69, 9.17) is 4.74 Å². The minimum Gasteiger partial charge on any atom is -0.484 e. The summed E-state index contributed by atoms with van der Waals surface area (Å²) in [5.41, 5.74) is 0.885. The Morgan fingerprint density at radius 1 is 1.36 bits per heavy atom. The largest absolute Gasteiger partial charge is 0.484 e. The Morgan fingerprint density at radius 3 is 2.68 bits per heavy atom. The molecular weight excluding hydrogens is 280 g/mol. The maximum absolute atomic E-state index is 11.7. The molecule has 1 fully saturated rings. The van der Waals surface area contributed by atoms with Gasteiger partial charge in [-0.15, -0.1) is 0 Å². The van der Waals surface area contributed by atoms with Crippen molar-refractivity contribution in [3.63, 3.8) is 0 Å². The zero-order valence-electron chi connectivity index (χ0n) is 13.3. The number of anilines is 1. The monoisotopic (exact) mass is 304 g/mol. The highest BCUT2D eigenvalue weighted by Crippen LogP contribution is 2.23. The van der Waals surface area contributed by atoms with Gasteiger partial charge >= 0.3 is 0 Å². The first-order valence-corrected chi connectivity index (χ1v) is 7.92. The predicted molar refractivity (Wildman–Crippen MR) is 86.0 cm³/mol. The van der Waals surface area contributed by atoms with E-state index < -0.39 is 0 Å². The van der Waals surface area contributed by atoms with Crippen LogP contribution < -0.4 is 15.0 Å². The molecule has 22 heavy (non-hydrogen) atoms. The Kier molecular flexibility index (Phi) is 5.81. The highest BCUT2D eigenvalue weighted by Gasteiger charge is 2.21. The average molecular weight is 304 g/mol. The number of carbonyl (C=O) groups excluding carboxylic acids is 2. The van der Waals surface area contributed by atoms with E-state index >= 15 is 0 Å². The van der Waals surface area contributed by atoms with Crippen molar-refractivity contribution < 1.29 is 14.3 Å². The highest BCUT2D eigenvalue weighted by molar-refractivity contribution is 5.95. The van der Waals surface area contributed by atoms with Crippen LogP contribution in [0, 0.1) is 0 Å². The molecule has 5 nitrogen and oxygen atoms in total. The van der Waals surface area contributed by atoms with Gasteiger partial charge in [0.1, 0.15) is 5.75 Å². The molecule has 1 saturated heterocycles. The van der Waals surface area contributed by atoms with Gasteiger partial charge in [0.15, 0.2) is 6.61 Å². The van der Waals surface area contributed by atoms with Gasteiger partial charge in [0.2, 0.25) is 5.91 Å². The fraction of sp³-hybridized carbons (Fsp3) is 0.529. The summed E-state index contributed by atoms with van der Waals surface area (Å²) in [5, 5.41) is 2.90. The molecule has 2 rings (SSSR count). The summed E-state index contributed by atoms with van der Waals surface area (Å²) in [4.78, 5) is 25.2. The summed E-state index contributed by atoms with van der Waals surface area (Å²) < 4.78 is 5.48. The molecule has 1 aliphatic rings. The Bertz CT molecular complexity index is 513. The number of hydrogen-bond donors (Lipinski definition) is 1. The van der Waals surface area contributed by atoms with Crippen molar-refractivity contribution in [2.75, 3.05) is 18.1 Å². The van der Waals surface area contributed by atoms with Crippen LogP contribution in [-0.4, -0.2) is 31.0 Å². The van der Waals surface area contributed by atoms with Gasteiger partial charge in [-0.3, -0.25) is 9.59 Å². The summed E-state index contributed by atoms with van der Waals surface area (Å²) in [6.45, 7) is 4.86. The molecule has 1 aliphatic heterocycles. The number of amides is 2. The molecule has 0 aromatic heterocycles. The Labute approximate surface area is 131 Å². The number of ether oxygens (including phenoxy) is 1. The van der Waals surface area contributed by atoms with E-state index in [0.717, 1.165) is 31.5 Å². The van der Waals surface area contributed by atoms with Gasteiger partial charge in [0, 0.05) is 24.7 Å². The molecule has 0 radical (unpaired) electrons. The van der Waals surface area contributed by atoms with Gasteiger partial charge in [0.05, 0.1) is 0 Å². The van der Waals surface area contributed by atoms with Gasteiger partial charge in [-0.25, -0.2) is 0 Å². The summed E-state index contributed by atoms with van der Waals surface area (Å²) >= 11 is 0. The van der Waals surface area contributed by atoms with Gasteiger partial charge in [0.25, 0.3) is 5.91 Å². The van der Waals surface area contributed by atoms with Gasteiger partial charge < -0.3 is 15.0 Å². The molecule has 0 spiro atoms. The van der Waals surface area contributed by atoms with Crippen LogP contribution in [0.1, 0.15) is 39.5 Å². The Morgan fingerprint density at radius 2 is 2.09 bits per heavy atom. The topological polar surface area (TPSA) is 58.6 Å². The second-order valence-electron chi connectivity index (χ2n) is 5.69. The Balaban J connectivity index is 1.81. The highest BCUT2D eigenvalue weighted by atomic mass is 16.5. The van der Waals surface area contributed by atoms with Crippen LogP contribution in [0.3, 0.4) is 0 Å². The quantitative estimate of drug-likeness (QED) is 0.842. The van der Waals surface area contributed by atoms with E-state index in [1.54, 1.807) is 17.0 Å². The maximum Gasteiger partial charge on any atom is 0.258 e. The molecular formula is C17H24N2O3. The molecule has 2 amide bonds. The van der Waals surface area contributed by atoms with Crippen molar-refractivity contribution >= 4 is 17.5 Å². The minimum absolute atomic E-state index is 0.00997. The Hall–Kier alpha value is -2.04. The summed E-state index contributed by atoms with van der Waals surface area (Å²) in [6.07, 6.45) is 3.53. The summed E-state index contributed by atoms with van der Waals surface area (Å²) in [5.74, 6) is 0.686. The van der Waals surface area contributed by atoms with Crippen LogP contribution in [0.4, 0.5) is 5.69 Å². The molecule has 5 heteroatoms. The van der Waals surface area contributed by atoms with Crippen molar-refractivity contribution in [1.82, 2.24) is 5.32 Å². The van der Waals surface area contributed by atoms with Crippen LogP contribution in [0.25, 0.3) is 0 Å². The first kappa shape index (κ1) is 16.3. The van der Waals surface area contributed by atoms with Gasteiger partial charge in [-0.05, 0) is 44.0 Å². The maximum atomic E-state index is 11.7. The fourth-order valence-electron chi connectivity index (χ4n) is 2.61. The van der Waals surface area contributed by atoms with Crippen molar-refractivity contribution in [2.24, 2.45) is 0 Å². The second-order valence-corrected chi connectivity index (χ2v) is 5.69. The van der Waals surface area contributed by atoms with Crippen molar-refractivity contribution in [1.29, 1.82) is 0 Å². The molecule has 0 saturated carbocycles. The zero-order valence-corrected chi connectivity index (χ0v) is 13.3. The lowest BCUT2D eigenvalue weighted by Gasteiger charge is -2.16. The first-order chi connectivity index (χ1) is 10.6. The predicted octanol–water partition coefficient (Wildman–Crippen LogP) is 2.50. The molecule has 1 aromatic carbocycles. The number of nitrogens with zero attached hydrogens (tertiary/aromatic N) is 1. The molecule has 0 unspecified atom stereocenters. The summed E-state index contributed by atoms with van der Waals surface area (Å²) in [6, 6.07) is 7.48. The molecule has 0 aliphatic carbocycles. The molecule has 120 valence electrons. The molecule has 1 atom stereocenters. The first-order valence-electron chi connectivity index (χ1n) is 7.92. The van der Waals surface area contributed by atoms with E-state index in [-0.39, 0.29) is 24.5 Å². The zero-order chi connectivity index (χ0) is 15.9. The minimum atomic E-state index is -0.111. The van der Waals surface area contributed by atoms with E-state index in [1.165, 1.54) is 0 Å². The lowest BCUT2D eigenvalue weighted by Crippen LogP contribution is -2.35. The smallest absolute Gasteiger partial charge is 0.258 e. The third kappa shape index (κ3) is 4.48. The van der Waals surface area contributed by atoms with Crippen LogP contribution in [-0.2, 0) is 9.59 Å². The normalized spacial score (nSPS) is 15.7. The number of carbonyl (C=O) groups is 2. The lowest BCUT2D eigenvalue weighted by atomic mass is 10.2. The van der Waals surface area contributed by atoms with Crippen LogP contribution in [0.15, 0.2) is 24.3 Å². The third-order valence-electron chi connectivity index (χ3n) is 3.72. The van der Waals surface area contributed by atoms with E-state index in [0.29, 0.717) is 12.2 Å². The third-order valence-corrected chi connectivity index (χ3v) is 3.72.